The van der Waals surface area contributed by atoms with Gasteiger partial charge in [-0.2, -0.15) is 0 Å². The van der Waals surface area contributed by atoms with Gasteiger partial charge in [-0.15, -0.1) is 0 Å². The van der Waals surface area contributed by atoms with Crippen molar-refractivity contribution >= 4 is 45.2 Å². The minimum Gasteiger partial charge on any atom is -0.323 e. The largest absolute Gasteiger partial charge is 0.323 e. The average Bonchev–Trinajstić information content (AvgIpc) is 3.11. The Morgan fingerprint density at radius 1 is 0.972 bits per heavy atom. The van der Waals surface area contributed by atoms with Gasteiger partial charge in [0.1, 0.15) is 5.82 Å². The fourth-order valence-corrected chi connectivity index (χ4v) is 5.13. The Labute approximate surface area is 220 Å². The molecule has 0 unspecified atom stereocenters. The van der Waals surface area contributed by atoms with E-state index in [0.717, 1.165) is 28.3 Å². The van der Waals surface area contributed by atoms with Crippen molar-refractivity contribution in [3.63, 3.8) is 0 Å². The second-order valence-corrected chi connectivity index (χ2v) is 10.7. The van der Waals surface area contributed by atoms with Crippen molar-refractivity contribution in [2.45, 2.75) is 25.3 Å². The van der Waals surface area contributed by atoms with Gasteiger partial charge in [-0.3, -0.25) is 4.79 Å². The maximum atomic E-state index is 12.5. The summed E-state index contributed by atoms with van der Waals surface area (Å²) in [5.41, 5.74) is 4.27. The summed E-state index contributed by atoms with van der Waals surface area (Å²) in [5, 5.41) is 0.771. The van der Waals surface area contributed by atoms with Crippen LogP contribution in [0.1, 0.15) is 22.6 Å². The molecule has 0 saturated carbocycles. The highest BCUT2D eigenvalue weighted by Gasteiger charge is 2.17. The molecule has 0 atom stereocenters. The van der Waals surface area contributed by atoms with Crippen LogP contribution in [0.15, 0.2) is 83.8 Å². The van der Waals surface area contributed by atoms with Crippen LogP contribution in [0, 0.1) is 13.8 Å². The van der Waals surface area contributed by atoms with Gasteiger partial charge < -0.3 is 4.57 Å². The fourth-order valence-electron chi connectivity index (χ4n) is 3.66. The van der Waals surface area contributed by atoms with Crippen molar-refractivity contribution in [2.75, 3.05) is 0 Å². The molecule has 3 aromatic carbocycles. The van der Waals surface area contributed by atoms with E-state index in [-0.39, 0.29) is 10.0 Å². The summed E-state index contributed by atoms with van der Waals surface area (Å²) in [5.74, 6) is -0.183. The van der Waals surface area contributed by atoms with Crippen molar-refractivity contribution in [2.24, 2.45) is 0 Å². The Bertz CT molecular complexity index is 1550. The standard InChI is InChI=1S/C27H23Cl2N3O3S/c1-18-8-12-23(13-9-18)36(34,35)31-26(33)15-14-25-27(29)30-19(2)32(25)17-22-11-10-21(16-24(22)28)20-6-4-3-5-7-20/h3-16H,17H2,1-2H3,(H,31,33)/b15-14+. The third kappa shape index (κ3) is 5.87. The van der Waals surface area contributed by atoms with Gasteiger partial charge >= 0.3 is 0 Å². The van der Waals surface area contributed by atoms with Gasteiger partial charge in [0, 0.05) is 11.1 Å². The number of nitrogens with zero attached hydrogens (tertiary/aromatic N) is 2. The van der Waals surface area contributed by atoms with Crippen molar-refractivity contribution in [3.8, 4) is 11.1 Å². The molecule has 4 rings (SSSR count). The van der Waals surface area contributed by atoms with Crippen LogP contribution in [0.3, 0.4) is 0 Å². The first-order valence-corrected chi connectivity index (χ1v) is 13.3. The second-order valence-electron chi connectivity index (χ2n) is 8.21. The molecule has 36 heavy (non-hydrogen) atoms. The first kappa shape index (κ1) is 25.7. The molecule has 0 spiro atoms. The number of hydrogen-bond donors (Lipinski definition) is 1. The van der Waals surface area contributed by atoms with E-state index >= 15 is 0 Å². The summed E-state index contributed by atoms with van der Waals surface area (Å²) < 4.78 is 28.8. The second kappa shape index (κ2) is 10.7. The number of aryl methyl sites for hydroxylation is 2. The Morgan fingerprint density at radius 2 is 1.67 bits per heavy atom. The molecule has 1 amide bonds. The van der Waals surface area contributed by atoms with E-state index < -0.39 is 15.9 Å². The van der Waals surface area contributed by atoms with Gasteiger partial charge in [0.15, 0.2) is 5.15 Å². The molecule has 1 heterocycles. The molecule has 0 aliphatic carbocycles. The smallest absolute Gasteiger partial charge is 0.264 e. The number of aromatic nitrogens is 2. The van der Waals surface area contributed by atoms with Crippen molar-refractivity contribution in [1.82, 2.24) is 14.3 Å². The lowest BCUT2D eigenvalue weighted by molar-refractivity contribution is -0.114. The number of amides is 1. The molecule has 9 heteroatoms. The predicted octanol–water partition coefficient (Wildman–Crippen LogP) is 6.04. The third-order valence-corrected chi connectivity index (χ3v) is 7.59. The third-order valence-electron chi connectivity index (χ3n) is 5.60. The fraction of sp³-hybridized carbons (Fsp3) is 0.111. The van der Waals surface area contributed by atoms with Gasteiger partial charge in [0.25, 0.3) is 15.9 Å². The quantitative estimate of drug-likeness (QED) is 0.290. The molecule has 0 bridgehead atoms. The highest BCUT2D eigenvalue weighted by Crippen LogP contribution is 2.28. The molecular formula is C27H23Cl2N3O3S. The highest BCUT2D eigenvalue weighted by atomic mass is 35.5. The Morgan fingerprint density at radius 3 is 2.33 bits per heavy atom. The van der Waals surface area contributed by atoms with Gasteiger partial charge in [-0.05, 0) is 54.8 Å². The molecule has 0 aliphatic heterocycles. The zero-order valence-corrected chi connectivity index (χ0v) is 21.9. The summed E-state index contributed by atoms with van der Waals surface area (Å²) in [4.78, 5) is 16.7. The van der Waals surface area contributed by atoms with E-state index in [9.17, 15) is 13.2 Å². The van der Waals surface area contributed by atoms with E-state index in [0.29, 0.717) is 23.1 Å². The van der Waals surface area contributed by atoms with Crippen molar-refractivity contribution in [1.29, 1.82) is 0 Å². The van der Waals surface area contributed by atoms with E-state index in [2.05, 4.69) is 4.98 Å². The summed E-state index contributed by atoms with van der Waals surface area (Å²) >= 11 is 12.9. The lowest BCUT2D eigenvalue weighted by Crippen LogP contribution is -2.29. The number of hydrogen-bond acceptors (Lipinski definition) is 4. The molecule has 6 nitrogen and oxygen atoms in total. The van der Waals surface area contributed by atoms with E-state index in [1.165, 1.54) is 18.2 Å². The average molecular weight is 540 g/mol. The number of rotatable bonds is 7. The lowest BCUT2D eigenvalue weighted by Gasteiger charge is -2.12. The summed E-state index contributed by atoms with van der Waals surface area (Å²) in [6, 6.07) is 21.9. The van der Waals surface area contributed by atoms with Crippen LogP contribution < -0.4 is 4.72 Å². The van der Waals surface area contributed by atoms with Crippen LogP contribution in [0.2, 0.25) is 10.2 Å². The van der Waals surface area contributed by atoms with Gasteiger partial charge in [0.2, 0.25) is 0 Å². The molecule has 4 aromatic rings. The summed E-state index contributed by atoms with van der Waals surface area (Å²) in [7, 11) is -4.00. The first-order valence-electron chi connectivity index (χ1n) is 11.0. The summed E-state index contributed by atoms with van der Waals surface area (Å²) in [6.07, 6.45) is 2.55. The van der Waals surface area contributed by atoms with Gasteiger partial charge in [-0.25, -0.2) is 18.1 Å². The maximum Gasteiger partial charge on any atom is 0.264 e. The first-order chi connectivity index (χ1) is 17.1. The van der Waals surface area contributed by atoms with Crippen molar-refractivity contribution in [3.05, 3.63) is 112 Å². The Hall–Kier alpha value is -3.39. The summed E-state index contributed by atoms with van der Waals surface area (Å²) in [6.45, 7) is 4.00. The zero-order chi connectivity index (χ0) is 25.9. The Balaban J connectivity index is 1.54. The minimum absolute atomic E-state index is 0.00219. The topological polar surface area (TPSA) is 81.1 Å². The minimum atomic E-state index is -4.00. The molecule has 1 N–H and O–H groups in total. The maximum absolute atomic E-state index is 12.5. The number of carbonyl (C=O) groups is 1. The zero-order valence-electron chi connectivity index (χ0n) is 19.6. The van der Waals surface area contributed by atoms with Crippen LogP contribution in [-0.2, 0) is 21.4 Å². The number of nitrogens with one attached hydrogen (secondary N) is 1. The SMILES string of the molecule is Cc1ccc(S(=O)(=O)NC(=O)/C=C/c2c(Cl)nc(C)n2Cc2ccc(-c3ccccc3)cc2Cl)cc1. The number of carbonyl (C=O) groups excluding carboxylic acids is 1. The Kier molecular flexibility index (Phi) is 7.64. The number of sulfonamides is 1. The molecule has 0 fully saturated rings. The molecule has 0 aliphatic rings. The van der Waals surface area contributed by atoms with Gasteiger partial charge in [-0.1, -0.05) is 83.4 Å². The van der Waals surface area contributed by atoms with E-state index in [1.54, 1.807) is 19.1 Å². The molecule has 184 valence electrons. The van der Waals surface area contributed by atoms with Crippen LogP contribution >= 0.6 is 23.2 Å². The molecule has 0 saturated heterocycles. The predicted molar refractivity (Wildman–Crippen MR) is 144 cm³/mol. The molecule has 1 aromatic heterocycles. The monoisotopic (exact) mass is 539 g/mol. The van der Waals surface area contributed by atoms with Crippen LogP contribution in [0.4, 0.5) is 0 Å². The lowest BCUT2D eigenvalue weighted by atomic mass is 10.0. The number of halogens is 2. The van der Waals surface area contributed by atoms with Gasteiger partial charge in [0.05, 0.1) is 17.1 Å². The normalized spacial score (nSPS) is 11.7. The van der Waals surface area contributed by atoms with Crippen molar-refractivity contribution < 1.29 is 13.2 Å². The molecule has 0 radical (unpaired) electrons. The molecular weight excluding hydrogens is 517 g/mol. The van der Waals surface area contributed by atoms with E-state index in [1.807, 2.05) is 64.7 Å². The number of benzene rings is 3. The van der Waals surface area contributed by atoms with Crippen LogP contribution in [-0.4, -0.2) is 23.9 Å². The van der Waals surface area contributed by atoms with Crippen LogP contribution in [0.25, 0.3) is 17.2 Å². The highest BCUT2D eigenvalue weighted by molar-refractivity contribution is 7.90. The van der Waals surface area contributed by atoms with E-state index in [4.69, 9.17) is 23.2 Å². The number of imidazole rings is 1. The van der Waals surface area contributed by atoms with Crippen LogP contribution in [0.5, 0.6) is 0 Å².